The number of carbonyl (C=O) groups is 1. The third-order valence-corrected chi connectivity index (χ3v) is 5.89. The molecule has 0 fully saturated rings. The molecule has 0 atom stereocenters. The summed E-state index contributed by atoms with van der Waals surface area (Å²) in [7, 11) is 1.63. The van der Waals surface area contributed by atoms with Crippen LogP contribution in [0.1, 0.15) is 17.2 Å². The van der Waals surface area contributed by atoms with Crippen molar-refractivity contribution in [1.82, 2.24) is 15.0 Å². The van der Waals surface area contributed by atoms with E-state index in [1.54, 1.807) is 7.05 Å². The van der Waals surface area contributed by atoms with Crippen LogP contribution in [0.15, 0.2) is 54.7 Å². The molecule has 2 aromatic carbocycles. The van der Waals surface area contributed by atoms with Gasteiger partial charge in [0.25, 0.3) is 0 Å². The van der Waals surface area contributed by atoms with E-state index in [-0.39, 0.29) is 5.28 Å². The second-order valence-electron chi connectivity index (χ2n) is 6.32. The summed E-state index contributed by atoms with van der Waals surface area (Å²) in [6.07, 6.45) is 0.591. The number of hydrogen-bond acceptors (Lipinski definition) is 6. The molecular formula is C20H13ClN4O2S. The molecule has 1 aliphatic carbocycles. The number of aromatic nitrogens is 3. The lowest BCUT2D eigenvalue weighted by atomic mass is 10.1. The summed E-state index contributed by atoms with van der Waals surface area (Å²) in [6.45, 7) is 0. The van der Waals surface area contributed by atoms with Gasteiger partial charge in [0.1, 0.15) is 10.3 Å². The third-order valence-electron chi connectivity index (χ3n) is 4.67. The van der Waals surface area contributed by atoms with Crippen LogP contribution < -0.4 is 4.90 Å². The average molecular weight is 409 g/mol. The van der Waals surface area contributed by atoms with Crippen LogP contribution in [0, 0.1) is 0 Å². The predicted octanol–water partition coefficient (Wildman–Crippen LogP) is 5.08. The largest absolute Gasteiger partial charge is 0.436 e. The van der Waals surface area contributed by atoms with Crippen LogP contribution in [0.3, 0.4) is 0 Å². The van der Waals surface area contributed by atoms with Gasteiger partial charge in [-0.05, 0) is 22.7 Å². The van der Waals surface area contributed by atoms with E-state index in [2.05, 4.69) is 15.0 Å². The first-order chi connectivity index (χ1) is 13.6. The molecule has 0 unspecified atom stereocenters. The Kier molecular flexibility index (Phi) is 3.99. The number of anilines is 1. The summed E-state index contributed by atoms with van der Waals surface area (Å²) in [5, 5.41) is 0.614. The highest BCUT2D eigenvalue weighted by molar-refractivity contribution is 7.22. The molecule has 4 aromatic rings. The van der Waals surface area contributed by atoms with Crippen molar-refractivity contribution >= 4 is 44.5 Å². The Morgan fingerprint density at radius 3 is 2.39 bits per heavy atom. The van der Waals surface area contributed by atoms with Crippen LogP contribution in [0.25, 0.3) is 21.5 Å². The van der Waals surface area contributed by atoms with E-state index in [0.29, 0.717) is 15.5 Å². The van der Waals surface area contributed by atoms with E-state index in [1.807, 2.05) is 48.5 Å². The standard InChI is InChI=1S/C20H13ClN4O2S/c1-25(19-23-15-10-22-18(21)24-17(15)28-19)20(26)27-16-13-8-4-2-6-11(13)12-7-3-5-9-14(12)16/h2-10,16H,1H3. The molecule has 0 N–H and O–H groups in total. The number of carbonyl (C=O) groups excluding carboxylic acids is 1. The minimum atomic E-state index is -0.491. The van der Waals surface area contributed by atoms with Crippen LogP contribution >= 0.6 is 22.9 Å². The van der Waals surface area contributed by atoms with Crippen molar-refractivity contribution in [3.8, 4) is 11.1 Å². The normalized spacial score (nSPS) is 12.6. The number of thiazole rings is 1. The molecular weight excluding hydrogens is 396 g/mol. The number of fused-ring (bicyclic) bond motifs is 4. The molecule has 0 aliphatic heterocycles. The van der Waals surface area contributed by atoms with Crippen molar-refractivity contribution in [2.75, 3.05) is 11.9 Å². The van der Waals surface area contributed by atoms with Crippen molar-refractivity contribution in [2.45, 2.75) is 6.10 Å². The van der Waals surface area contributed by atoms with E-state index in [9.17, 15) is 4.79 Å². The molecule has 5 rings (SSSR count). The molecule has 138 valence electrons. The van der Waals surface area contributed by atoms with Gasteiger partial charge in [-0.3, -0.25) is 4.90 Å². The molecule has 6 nitrogen and oxygen atoms in total. The summed E-state index contributed by atoms with van der Waals surface area (Å²) < 4.78 is 5.89. The zero-order valence-electron chi connectivity index (χ0n) is 14.7. The zero-order chi connectivity index (χ0) is 19.3. The number of hydrogen-bond donors (Lipinski definition) is 0. The minimum absolute atomic E-state index is 0.145. The van der Waals surface area contributed by atoms with E-state index >= 15 is 0 Å². The molecule has 0 spiro atoms. The van der Waals surface area contributed by atoms with Gasteiger partial charge in [-0.1, -0.05) is 59.9 Å². The molecule has 8 heteroatoms. The van der Waals surface area contributed by atoms with E-state index in [4.69, 9.17) is 16.3 Å². The fourth-order valence-electron chi connectivity index (χ4n) is 3.34. The second-order valence-corrected chi connectivity index (χ2v) is 7.62. The van der Waals surface area contributed by atoms with Gasteiger partial charge in [0.2, 0.25) is 5.28 Å². The van der Waals surface area contributed by atoms with Gasteiger partial charge < -0.3 is 4.74 Å². The lowest BCUT2D eigenvalue weighted by Gasteiger charge is -2.19. The Hall–Kier alpha value is -3.03. The van der Waals surface area contributed by atoms with Gasteiger partial charge >= 0.3 is 6.09 Å². The Bertz CT molecular complexity index is 1180. The van der Waals surface area contributed by atoms with Crippen molar-refractivity contribution in [3.05, 3.63) is 71.1 Å². The Balaban J connectivity index is 1.46. The highest BCUT2D eigenvalue weighted by atomic mass is 35.5. The van der Waals surface area contributed by atoms with Crippen LogP contribution in [0.4, 0.5) is 9.93 Å². The van der Waals surface area contributed by atoms with Gasteiger partial charge in [0.15, 0.2) is 11.2 Å². The van der Waals surface area contributed by atoms with Crippen LogP contribution in [-0.2, 0) is 4.74 Å². The summed E-state index contributed by atoms with van der Waals surface area (Å²) in [5.41, 5.74) is 4.72. The average Bonchev–Trinajstić information content (AvgIpc) is 3.27. The highest BCUT2D eigenvalue weighted by Crippen LogP contribution is 2.45. The SMILES string of the molecule is CN(C(=O)OC1c2ccccc2-c2ccccc21)c1nc2cnc(Cl)nc2s1. The summed E-state index contributed by atoms with van der Waals surface area (Å²) >= 11 is 7.09. The van der Waals surface area contributed by atoms with Gasteiger partial charge in [-0.15, -0.1) is 0 Å². The first kappa shape index (κ1) is 17.1. The van der Waals surface area contributed by atoms with Gasteiger partial charge in [-0.2, -0.15) is 0 Å². The molecule has 28 heavy (non-hydrogen) atoms. The maximum atomic E-state index is 12.9. The Morgan fingerprint density at radius 1 is 1.07 bits per heavy atom. The Morgan fingerprint density at radius 2 is 1.71 bits per heavy atom. The van der Waals surface area contributed by atoms with Crippen molar-refractivity contribution in [2.24, 2.45) is 0 Å². The number of rotatable bonds is 2. The van der Waals surface area contributed by atoms with Gasteiger partial charge in [0.05, 0.1) is 6.20 Å². The number of halogens is 1. The minimum Gasteiger partial charge on any atom is -0.436 e. The molecule has 2 aromatic heterocycles. The van der Waals surface area contributed by atoms with Gasteiger partial charge in [-0.25, -0.2) is 19.7 Å². The molecule has 0 saturated heterocycles. The first-order valence-electron chi connectivity index (χ1n) is 8.53. The maximum absolute atomic E-state index is 12.9. The number of benzene rings is 2. The predicted molar refractivity (Wildman–Crippen MR) is 109 cm³/mol. The molecule has 1 amide bonds. The molecule has 1 aliphatic rings. The van der Waals surface area contributed by atoms with Crippen LogP contribution in [0.2, 0.25) is 5.28 Å². The molecule has 2 heterocycles. The Labute approximate surface area is 169 Å². The van der Waals surface area contributed by atoms with Crippen molar-refractivity contribution in [1.29, 1.82) is 0 Å². The fraction of sp³-hybridized carbons (Fsp3) is 0.100. The molecule has 0 bridgehead atoms. The first-order valence-corrected chi connectivity index (χ1v) is 9.73. The van der Waals surface area contributed by atoms with E-state index in [0.717, 1.165) is 22.3 Å². The fourth-order valence-corrected chi connectivity index (χ4v) is 4.39. The van der Waals surface area contributed by atoms with Gasteiger partial charge in [0, 0.05) is 18.2 Å². The topological polar surface area (TPSA) is 68.2 Å². The summed E-state index contributed by atoms with van der Waals surface area (Å²) in [5.74, 6) is 0. The monoisotopic (exact) mass is 408 g/mol. The zero-order valence-corrected chi connectivity index (χ0v) is 16.2. The second kappa shape index (κ2) is 6.54. The smallest absolute Gasteiger partial charge is 0.416 e. The quantitative estimate of drug-likeness (QED) is 0.432. The van der Waals surface area contributed by atoms with Crippen LogP contribution in [0.5, 0.6) is 0 Å². The highest BCUT2D eigenvalue weighted by Gasteiger charge is 2.32. The lowest BCUT2D eigenvalue weighted by Crippen LogP contribution is -2.28. The maximum Gasteiger partial charge on any atom is 0.416 e. The summed E-state index contributed by atoms with van der Waals surface area (Å²) in [6, 6.07) is 15.9. The molecule has 0 radical (unpaired) electrons. The van der Waals surface area contributed by atoms with Crippen LogP contribution in [-0.4, -0.2) is 28.1 Å². The number of ether oxygens (including phenoxy) is 1. The lowest BCUT2D eigenvalue weighted by molar-refractivity contribution is 0.127. The number of nitrogens with zero attached hydrogens (tertiary/aromatic N) is 4. The molecule has 0 saturated carbocycles. The van der Waals surface area contributed by atoms with E-state index < -0.39 is 12.2 Å². The van der Waals surface area contributed by atoms with Crippen molar-refractivity contribution < 1.29 is 9.53 Å². The van der Waals surface area contributed by atoms with Crippen molar-refractivity contribution in [3.63, 3.8) is 0 Å². The number of amides is 1. The third kappa shape index (κ3) is 2.71. The van der Waals surface area contributed by atoms with E-state index in [1.165, 1.54) is 22.4 Å². The summed E-state index contributed by atoms with van der Waals surface area (Å²) in [4.78, 5) is 27.3.